The van der Waals surface area contributed by atoms with Crippen molar-refractivity contribution in [3.8, 4) is 0 Å². The summed E-state index contributed by atoms with van der Waals surface area (Å²) >= 11 is 0. The maximum atomic E-state index is 12.1. The molecule has 24 heavy (non-hydrogen) atoms. The maximum Gasteiger partial charge on any atom is 0.303 e. The first-order valence-electron chi connectivity index (χ1n) is 8.32. The highest BCUT2D eigenvalue weighted by Crippen LogP contribution is 2.38. The Kier molecular flexibility index (Phi) is 6.58. The summed E-state index contributed by atoms with van der Waals surface area (Å²) in [6, 6.07) is -0.400. The Labute approximate surface area is 146 Å². The van der Waals surface area contributed by atoms with Crippen LogP contribution in [0.3, 0.4) is 0 Å². The number of hydrogen-bond acceptors (Lipinski definition) is 4. The van der Waals surface area contributed by atoms with Gasteiger partial charge >= 0.3 is 5.97 Å². The summed E-state index contributed by atoms with van der Waals surface area (Å²) < 4.78 is 11.9. The van der Waals surface area contributed by atoms with Gasteiger partial charge < -0.3 is 14.1 Å². The highest BCUT2D eigenvalue weighted by atomic mass is 28.4. The molecule has 0 aromatic heterocycles. The van der Waals surface area contributed by atoms with Crippen LogP contribution in [-0.4, -0.2) is 49.9 Å². The first kappa shape index (κ1) is 20.6. The SMILES string of the molecule is C=C[C@@H](O[Si](C)(C)C(C)(C)C)[C@H]1[C@@H](OC(C)=O)C=CCN1C(C)=O. The second kappa shape index (κ2) is 7.65. The average molecular weight is 354 g/mol. The zero-order valence-corrected chi connectivity index (χ0v) is 17.0. The first-order chi connectivity index (χ1) is 10.9. The molecule has 136 valence electrons. The molecule has 0 bridgehead atoms. The lowest BCUT2D eigenvalue weighted by atomic mass is 9.98. The van der Waals surface area contributed by atoms with E-state index in [0.717, 1.165) is 0 Å². The van der Waals surface area contributed by atoms with E-state index in [9.17, 15) is 9.59 Å². The number of hydrogen-bond donors (Lipinski definition) is 0. The molecule has 1 rings (SSSR count). The molecule has 1 aliphatic heterocycles. The van der Waals surface area contributed by atoms with Crippen molar-refractivity contribution in [1.82, 2.24) is 4.90 Å². The Balaban J connectivity index is 3.19. The molecule has 0 spiro atoms. The van der Waals surface area contributed by atoms with E-state index in [1.165, 1.54) is 13.8 Å². The van der Waals surface area contributed by atoms with Crippen LogP contribution in [0, 0.1) is 0 Å². The number of carbonyl (C=O) groups excluding carboxylic acids is 2. The van der Waals surface area contributed by atoms with Gasteiger partial charge in [-0.2, -0.15) is 0 Å². The molecule has 0 N–H and O–H groups in total. The molecule has 5 nitrogen and oxygen atoms in total. The Morgan fingerprint density at radius 2 is 1.92 bits per heavy atom. The summed E-state index contributed by atoms with van der Waals surface area (Å²) in [5.74, 6) is -0.456. The molecule has 1 amide bonds. The molecule has 0 fully saturated rings. The van der Waals surface area contributed by atoms with Crippen LogP contribution in [0.4, 0.5) is 0 Å². The molecule has 0 unspecified atom stereocenters. The van der Waals surface area contributed by atoms with Crippen molar-refractivity contribution in [2.24, 2.45) is 0 Å². The molecule has 0 radical (unpaired) electrons. The third-order valence-electron chi connectivity index (χ3n) is 4.84. The Bertz CT molecular complexity index is 522. The summed E-state index contributed by atoms with van der Waals surface area (Å²) in [5, 5.41) is 0.0246. The van der Waals surface area contributed by atoms with Gasteiger partial charge in [-0.1, -0.05) is 32.9 Å². The van der Waals surface area contributed by atoms with Gasteiger partial charge in [0.2, 0.25) is 5.91 Å². The highest BCUT2D eigenvalue weighted by molar-refractivity contribution is 6.74. The molecular formula is C18H31NO4Si. The Hall–Kier alpha value is -1.40. The summed E-state index contributed by atoms with van der Waals surface area (Å²) in [6.07, 6.45) is 4.46. The number of amides is 1. The molecule has 6 heteroatoms. The summed E-state index contributed by atoms with van der Waals surface area (Å²) in [4.78, 5) is 25.3. The lowest BCUT2D eigenvalue weighted by Gasteiger charge is -2.45. The van der Waals surface area contributed by atoms with Gasteiger partial charge in [-0.15, -0.1) is 6.58 Å². The fraction of sp³-hybridized carbons (Fsp3) is 0.667. The number of rotatable bonds is 5. The second-order valence-corrected chi connectivity index (χ2v) is 12.5. The van der Waals surface area contributed by atoms with E-state index in [1.54, 1.807) is 11.0 Å². The molecule has 0 aromatic carbocycles. The van der Waals surface area contributed by atoms with Crippen LogP contribution >= 0.6 is 0 Å². The van der Waals surface area contributed by atoms with E-state index in [1.807, 2.05) is 12.2 Å². The summed E-state index contributed by atoms with van der Waals surface area (Å²) in [6.45, 7) is 18.1. The normalized spacial score (nSPS) is 22.9. The van der Waals surface area contributed by atoms with Crippen LogP contribution in [-0.2, 0) is 18.8 Å². The van der Waals surface area contributed by atoms with Crippen LogP contribution < -0.4 is 0 Å². The predicted octanol–water partition coefficient (Wildman–Crippen LogP) is 3.28. The van der Waals surface area contributed by atoms with E-state index >= 15 is 0 Å². The minimum absolute atomic E-state index is 0.0246. The highest BCUT2D eigenvalue weighted by Gasteiger charge is 2.44. The van der Waals surface area contributed by atoms with Crippen LogP contribution in [0.2, 0.25) is 18.1 Å². The van der Waals surface area contributed by atoms with Crippen LogP contribution in [0.25, 0.3) is 0 Å². The van der Waals surface area contributed by atoms with Crippen LogP contribution in [0.1, 0.15) is 34.6 Å². The molecule has 1 aliphatic rings. The maximum absolute atomic E-state index is 12.1. The number of nitrogens with zero attached hydrogens (tertiary/aromatic N) is 1. The van der Waals surface area contributed by atoms with Crippen molar-refractivity contribution < 1.29 is 18.8 Å². The van der Waals surface area contributed by atoms with Gasteiger partial charge in [0.15, 0.2) is 8.32 Å². The van der Waals surface area contributed by atoms with E-state index < -0.39 is 26.6 Å². The molecule has 1 heterocycles. The van der Waals surface area contributed by atoms with Crippen LogP contribution in [0.15, 0.2) is 24.8 Å². The zero-order valence-electron chi connectivity index (χ0n) is 16.0. The molecule has 0 aliphatic carbocycles. The number of esters is 1. The first-order valence-corrected chi connectivity index (χ1v) is 11.2. The van der Waals surface area contributed by atoms with Crippen molar-refractivity contribution in [2.45, 2.75) is 71.0 Å². The lowest BCUT2D eigenvalue weighted by molar-refractivity contribution is -0.153. The smallest absolute Gasteiger partial charge is 0.303 e. The standard InChI is InChI=1S/C18H31NO4Si/c1-9-15(23-24(7,8)18(4,5)6)17-16(22-14(3)21)11-10-12-19(17)13(2)20/h9-11,15-17H,1,12H2,2-8H3/t15-,16+,17+/m1/s1. The van der Waals surface area contributed by atoms with Gasteiger partial charge in [-0.25, -0.2) is 0 Å². The molecule has 0 aromatic rings. The van der Waals surface area contributed by atoms with Crippen molar-refractivity contribution in [3.05, 3.63) is 24.8 Å². The van der Waals surface area contributed by atoms with Gasteiger partial charge in [0.1, 0.15) is 12.1 Å². The van der Waals surface area contributed by atoms with Gasteiger partial charge in [-0.3, -0.25) is 9.59 Å². The second-order valence-electron chi connectivity index (χ2n) is 7.74. The minimum atomic E-state index is -2.08. The number of ether oxygens (including phenoxy) is 1. The third kappa shape index (κ3) is 4.80. The van der Waals surface area contributed by atoms with E-state index in [2.05, 4.69) is 40.4 Å². The van der Waals surface area contributed by atoms with Crippen molar-refractivity contribution in [3.63, 3.8) is 0 Å². The van der Waals surface area contributed by atoms with Gasteiger partial charge in [0.05, 0.1) is 6.10 Å². The third-order valence-corrected chi connectivity index (χ3v) is 9.31. The monoisotopic (exact) mass is 353 g/mol. The minimum Gasteiger partial charge on any atom is -0.456 e. The van der Waals surface area contributed by atoms with Gasteiger partial charge in [0.25, 0.3) is 0 Å². The zero-order chi connectivity index (χ0) is 18.7. The Morgan fingerprint density at radius 1 is 1.33 bits per heavy atom. The molecule has 3 atom stereocenters. The summed E-state index contributed by atoms with van der Waals surface area (Å²) in [7, 11) is -2.08. The van der Waals surface area contributed by atoms with E-state index in [4.69, 9.17) is 9.16 Å². The quantitative estimate of drug-likeness (QED) is 0.432. The van der Waals surface area contributed by atoms with E-state index in [0.29, 0.717) is 6.54 Å². The molecular weight excluding hydrogens is 322 g/mol. The van der Waals surface area contributed by atoms with Gasteiger partial charge in [0, 0.05) is 20.4 Å². The topological polar surface area (TPSA) is 55.8 Å². The van der Waals surface area contributed by atoms with E-state index in [-0.39, 0.29) is 16.9 Å². The van der Waals surface area contributed by atoms with Crippen molar-refractivity contribution in [1.29, 1.82) is 0 Å². The molecule has 0 saturated heterocycles. The van der Waals surface area contributed by atoms with Crippen molar-refractivity contribution in [2.75, 3.05) is 6.54 Å². The van der Waals surface area contributed by atoms with Gasteiger partial charge in [-0.05, 0) is 24.2 Å². The number of carbonyl (C=O) groups is 2. The van der Waals surface area contributed by atoms with Crippen molar-refractivity contribution >= 4 is 20.2 Å². The Morgan fingerprint density at radius 3 is 2.33 bits per heavy atom. The largest absolute Gasteiger partial charge is 0.456 e. The summed E-state index contributed by atoms with van der Waals surface area (Å²) in [5.41, 5.74) is 0. The average Bonchev–Trinajstić information content (AvgIpc) is 2.42. The predicted molar refractivity (Wildman–Crippen MR) is 98.1 cm³/mol. The fourth-order valence-corrected chi connectivity index (χ4v) is 3.77. The fourth-order valence-electron chi connectivity index (χ4n) is 2.50. The lowest BCUT2D eigenvalue weighted by Crippen LogP contribution is -2.58. The molecule has 0 saturated carbocycles. The van der Waals surface area contributed by atoms with Crippen LogP contribution in [0.5, 0.6) is 0 Å².